The van der Waals surface area contributed by atoms with Gasteiger partial charge in [-0.15, -0.1) is 0 Å². The van der Waals surface area contributed by atoms with Gasteiger partial charge < -0.3 is 0 Å². The van der Waals surface area contributed by atoms with E-state index in [1.807, 2.05) is 18.2 Å². The molecule has 0 unspecified atom stereocenters. The molecule has 2 aromatic carbocycles. The summed E-state index contributed by atoms with van der Waals surface area (Å²) in [7, 11) is 0. The van der Waals surface area contributed by atoms with Gasteiger partial charge in [-0.2, -0.15) is 0 Å². The molecule has 0 saturated heterocycles. The van der Waals surface area contributed by atoms with Crippen molar-refractivity contribution < 1.29 is 4.39 Å². The summed E-state index contributed by atoms with van der Waals surface area (Å²) in [5, 5.41) is 0.569. The van der Waals surface area contributed by atoms with Crippen LogP contribution in [0, 0.1) is 9.39 Å². The maximum Gasteiger partial charge on any atom is 0.261 e. The van der Waals surface area contributed by atoms with Crippen molar-refractivity contribution in [2.75, 3.05) is 0 Å². The molecule has 0 saturated carbocycles. The monoisotopic (exact) mass is 458 g/mol. The minimum atomic E-state index is -0.337. The Kier molecular flexibility index (Phi) is 4.08. The van der Waals surface area contributed by atoms with Gasteiger partial charge in [-0.3, -0.25) is 9.36 Å². The normalized spacial score (nSPS) is 11.0. The van der Waals surface area contributed by atoms with Crippen molar-refractivity contribution >= 4 is 49.4 Å². The number of halogens is 3. The quantitative estimate of drug-likeness (QED) is 0.545. The first kappa shape index (κ1) is 14.6. The summed E-state index contributed by atoms with van der Waals surface area (Å²) < 4.78 is 16.5. The van der Waals surface area contributed by atoms with E-state index in [1.165, 1.54) is 23.0 Å². The molecule has 6 heteroatoms. The zero-order chi connectivity index (χ0) is 15.0. The number of benzene rings is 2. The van der Waals surface area contributed by atoms with Crippen LogP contribution in [-0.2, 0) is 6.54 Å². The summed E-state index contributed by atoms with van der Waals surface area (Å²) in [6, 6.07) is 10.1. The van der Waals surface area contributed by atoms with Gasteiger partial charge in [0.1, 0.15) is 5.82 Å². The van der Waals surface area contributed by atoms with Crippen LogP contribution in [0.4, 0.5) is 4.39 Å². The van der Waals surface area contributed by atoms with Crippen LogP contribution < -0.4 is 5.56 Å². The number of hydrogen-bond donors (Lipinski definition) is 0. The van der Waals surface area contributed by atoms with Crippen molar-refractivity contribution in [2.24, 2.45) is 0 Å². The molecular weight excluding hydrogens is 450 g/mol. The fraction of sp³-hybridized carbons (Fsp3) is 0.0667. The van der Waals surface area contributed by atoms with Crippen LogP contribution in [0.1, 0.15) is 5.56 Å². The molecule has 0 aliphatic heterocycles. The SMILES string of the molecule is O=c1c2cc(I)ccc2ncn1Cc1cc(F)cc(Br)c1. The van der Waals surface area contributed by atoms with Crippen LogP contribution in [0.3, 0.4) is 0 Å². The summed E-state index contributed by atoms with van der Waals surface area (Å²) in [5.41, 5.74) is 1.24. The minimum Gasteiger partial charge on any atom is -0.294 e. The van der Waals surface area contributed by atoms with Crippen molar-refractivity contribution in [1.29, 1.82) is 0 Å². The maximum absolute atomic E-state index is 13.4. The molecule has 0 aliphatic carbocycles. The standard InChI is InChI=1S/C15H9BrFIN2O/c16-10-3-9(4-11(17)5-10)7-20-8-19-14-2-1-12(18)6-13(14)15(20)21/h1-6,8H,7H2. The van der Waals surface area contributed by atoms with Crippen molar-refractivity contribution in [2.45, 2.75) is 6.54 Å². The summed E-state index contributed by atoms with van der Waals surface area (Å²) >= 11 is 5.41. The zero-order valence-electron chi connectivity index (χ0n) is 10.7. The second kappa shape index (κ2) is 5.84. The average molecular weight is 459 g/mol. The highest BCUT2D eigenvalue weighted by molar-refractivity contribution is 14.1. The number of fused-ring (bicyclic) bond motifs is 1. The zero-order valence-corrected chi connectivity index (χ0v) is 14.4. The highest BCUT2D eigenvalue weighted by Gasteiger charge is 2.06. The second-order valence-electron chi connectivity index (χ2n) is 4.62. The van der Waals surface area contributed by atoms with E-state index in [9.17, 15) is 9.18 Å². The van der Waals surface area contributed by atoms with Gasteiger partial charge >= 0.3 is 0 Å². The van der Waals surface area contributed by atoms with E-state index in [0.717, 1.165) is 3.57 Å². The Hall–Kier alpha value is -1.28. The van der Waals surface area contributed by atoms with Crippen LogP contribution in [0.5, 0.6) is 0 Å². The van der Waals surface area contributed by atoms with E-state index in [4.69, 9.17) is 0 Å². The molecule has 0 radical (unpaired) electrons. The third kappa shape index (κ3) is 3.16. The third-order valence-electron chi connectivity index (χ3n) is 3.06. The Labute approximate surface area is 142 Å². The molecule has 0 atom stereocenters. The van der Waals surface area contributed by atoms with Gasteiger partial charge in [0, 0.05) is 8.04 Å². The minimum absolute atomic E-state index is 0.126. The van der Waals surface area contributed by atoms with Crippen LogP contribution in [-0.4, -0.2) is 9.55 Å². The van der Waals surface area contributed by atoms with Crippen LogP contribution in [0.25, 0.3) is 10.9 Å². The fourth-order valence-electron chi connectivity index (χ4n) is 2.14. The van der Waals surface area contributed by atoms with Gasteiger partial charge in [0.2, 0.25) is 0 Å². The lowest BCUT2D eigenvalue weighted by molar-refractivity contribution is 0.621. The van der Waals surface area contributed by atoms with Crippen molar-refractivity contribution in [1.82, 2.24) is 9.55 Å². The van der Waals surface area contributed by atoms with E-state index in [1.54, 1.807) is 6.07 Å². The van der Waals surface area contributed by atoms with Gasteiger partial charge in [-0.1, -0.05) is 15.9 Å². The van der Waals surface area contributed by atoms with Crippen LogP contribution in [0.2, 0.25) is 0 Å². The van der Waals surface area contributed by atoms with Crippen molar-refractivity contribution in [3.8, 4) is 0 Å². The summed E-state index contributed by atoms with van der Waals surface area (Å²) in [4.78, 5) is 16.7. The van der Waals surface area contributed by atoms with E-state index in [2.05, 4.69) is 43.5 Å². The van der Waals surface area contributed by atoms with E-state index in [0.29, 0.717) is 20.9 Å². The maximum atomic E-state index is 13.4. The van der Waals surface area contributed by atoms with Gasteiger partial charge in [-0.25, -0.2) is 9.37 Å². The Balaban J connectivity index is 2.08. The predicted octanol–water partition coefficient (Wildman–Crippen LogP) is 3.95. The number of aromatic nitrogens is 2. The largest absolute Gasteiger partial charge is 0.294 e. The second-order valence-corrected chi connectivity index (χ2v) is 6.78. The van der Waals surface area contributed by atoms with Gasteiger partial charge in [0.15, 0.2) is 0 Å². The Bertz CT molecular complexity index is 874. The molecule has 0 aliphatic rings. The molecule has 0 spiro atoms. The highest BCUT2D eigenvalue weighted by Crippen LogP contribution is 2.16. The van der Waals surface area contributed by atoms with Gasteiger partial charge in [0.25, 0.3) is 5.56 Å². The molecule has 106 valence electrons. The van der Waals surface area contributed by atoms with Crippen molar-refractivity contribution in [3.05, 3.63) is 72.5 Å². The lowest BCUT2D eigenvalue weighted by Crippen LogP contribution is -2.21. The summed E-state index contributed by atoms with van der Waals surface area (Å²) in [5.74, 6) is -0.337. The Morgan fingerprint density at radius 2 is 2.05 bits per heavy atom. The van der Waals surface area contributed by atoms with E-state index < -0.39 is 0 Å². The molecule has 3 nitrogen and oxygen atoms in total. The molecule has 0 amide bonds. The lowest BCUT2D eigenvalue weighted by atomic mass is 10.2. The average Bonchev–Trinajstić information content (AvgIpc) is 2.41. The summed E-state index contributed by atoms with van der Waals surface area (Å²) in [6.45, 7) is 0.281. The number of rotatable bonds is 2. The molecule has 21 heavy (non-hydrogen) atoms. The fourth-order valence-corrected chi connectivity index (χ4v) is 3.15. The molecule has 3 rings (SSSR count). The van der Waals surface area contributed by atoms with E-state index >= 15 is 0 Å². The van der Waals surface area contributed by atoms with Gasteiger partial charge in [-0.05, 0) is 64.6 Å². The molecule has 0 fully saturated rings. The number of hydrogen-bond acceptors (Lipinski definition) is 2. The smallest absolute Gasteiger partial charge is 0.261 e. The first-order chi connectivity index (χ1) is 10.0. The first-order valence-electron chi connectivity index (χ1n) is 6.12. The molecular formula is C15H9BrFIN2O. The molecule has 0 bridgehead atoms. The Morgan fingerprint density at radius 3 is 2.81 bits per heavy atom. The Morgan fingerprint density at radius 1 is 1.24 bits per heavy atom. The lowest BCUT2D eigenvalue weighted by Gasteiger charge is -2.08. The molecule has 3 aromatic rings. The van der Waals surface area contributed by atoms with Crippen LogP contribution >= 0.6 is 38.5 Å². The van der Waals surface area contributed by atoms with Gasteiger partial charge in [0.05, 0.1) is 23.8 Å². The summed E-state index contributed by atoms with van der Waals surface area (Å²) in [6.07, 6.45) is 1.50. The van der Waals surface area contributed by atoms with E-state index in [-0.39, 0.29) is 17.9 Å². The molecule has 1 heterocycles. The first-order valence-corrected chi connectivity index (χ1v) is 8.00. The molecule has 0 N–H and O–H groups in total. The highest BCUT2D eigenvalue weighted by atomic mass is 127. The number of nitrogens with zero attached hydrogens (tertiary/aromatic N) is 2. The van der Waals surface area contributed by atoms with Crippen LogP contribution in [0.15, 0.2) is 52.0 Å². The molecule has 1 aromatic heterocycles. The van der Waals surface area contributed by atoms with Crippen molar-refractivity contribution in [3.63, 3.8) is 0 Å². The third-order valence-corrected chi connectivity index (χ3v) is 4.19. The topological polar surface area (TPSA) is 34.9 Å². The predicted molar refractivity (Wildman–Crippen MR) is 91.9 cm³/mol.